The van der Waals surface area contributed by atoms with E-state index in [0.29, 0.717) is 0 Å². The average molecular weight is 297 g/mol. The Bertz CT molecular complexity index is 343. The molecule has 0 bridgehead atoms. The first-order chi connectivity index (χ1) is 8.74. The van der Waals surface area contributed by atoms with E-state index in [1.807, 2.05) is 0 Å². The van der Waals surface area contributed by atoms with E-state index in [1.54, 1.807) is 0 Å². The van der Waals surface area contributed by atoms with Crippen LogP contribution < -0.4 is 0 Å². The predicted molar refractivity (Wildman–Crippen MR) is 92.7 cm³/mol. The zero-order valence-electron chi connectivity index (χ0n) is 13.9. The smallest absolute Gasteiger partial charge is 0.129 e. The molecule has 0 aliphatic carbocycles. The first-order valence-corrected chi connectivity index (χ1v) is 13.7. The van der Waals surface area contributed by atoms with Crippen molar-refractivity contribution in [3.05, 3.63) is 11.3 Å². The molecule has 1 nitrogen and oxygen atoms in total. The molecular formula is C16H32OSi2. The summed E-state index contributed by atoms with van der Waals surface area (Å²) >= 11 is 0. The third-order valence-electron chi connectivity index (χ3n) is 4.09. The Morgan fingerprint density at radius 3 is 1.89 bits per heavy atom. The molecule has 0 aromatic heterocycles. The lowest BCUT2D eigenvalue weighted by Gasteiger charge is -2.32. The molecule has 0 amide bonds. The predicted octanol–water partition coefficient (Wildman–Crippen LogP) is 4.61. The van der Waals surface area contributed by atoms with Gasteiger partial charge >= 0.3 is 0 Å². The van der Waals surface area contributed by atoms with Gasteiger partial charge in [0.25, 0.3) is 0 Å². The van der Waals surface area contributed by atoms with Crippen molar-refractivity contribution in [3.63, 3.8) is 0 Å². The summed E-state index contributed by atoms with van der Waals surface area (Å²) in [7, 11) is -2.72. The topological polar surface area (TPSA) is 20.2 Å². The maximum Gasteiger partial charge on any atom is 0.129 e. The summed E-state index contributed by atoms with van der Waals surface area (Å²) < 4.78 is 0. The minimum Gasteiger partial charge on any atom is -0.380 e. The molecule has 0 aliphatic rings. The third-order valence-corrected chi connectivity index (χ3v) is 10.9. The summed E-state index contributed by atoms with van der Waals surface area (Å²) in [5.74, 6) is 3.08. The van der Waals surface area contributed by atoms with Crippen molar-refractivity contribution < 1.29 is 5.11 Å². The van der Waals surface area contributed by atoms with Gasteiger partial charge in [-0.3, -0.25) is 0 Å². The van der Waals surface area contributed by atoms with Crippen LogP contribution in [0.5, 0.6) is 0 Å². The molecule has 0 aliphatic heterocycles. The highest BCUT2D eigenvalue weighted by molar-refractivity contribution is 6.86. The van der Waals surface area contributed by atoms with Crippen molar-refractivity contribution in [3.8, 4) is 11.5 Å². The zero-order valence-corrected chi connectivity index (χ0v) is 15.9. The second kappa shape index (κ2) is 8.09. The Balaban J connectivity index is 4.97. The molecule has 0 aromatic rings. The van der Waals surface area contributed by atoms with Gasteiger partial charge in [0.15, 0.2) is 0 Å². The van der Waals surface area contributed by atoms with Gasteiger partial charge in [-0.2, -0.15) is 0 Å². The summed E-state index contributed by atoms with van der Waals surface area (Å²) in [6.07, 6.45) is 2.53. The van der Waals surface area contributed by atoms with Crippen LogP contribution in [-0.2, 0) is 0 Å². The highest BCUT2D eigenvalue weighted by Crippen LogP contribution is 2.31. The average Bonchev–Trinajstić information content (AvgIpc) is 2.36. The molecule has 0 spiro atoms. The molecule has 0 fully saturated rings. The van der Waals surface area contributed by atoms with Crippen molar-refractivity contribution in [1.29, 1.82) is 0 Å². The van der Waals surface area contributed by atoms with Crippen molar-refractivity contribution in [2.24, 2.45) is 0 Å². The number of allylic oxidation sites excluding steroid dienone is 1. The van der Waals surface area contributed by atoms with E-state index >= 15 is 0 Å². The van der Waals surface area contributed by atoms with Gasteiger partial charge in [0.2, 0.25) is 0 Å². The van der Waals surface area contributed by atoms with Gasteiger partial charge in [-0.15, -0.1) is 5.54 Å². The van der Waals surface area contributed by atoms with Crippen LogP contribution in [0.4, 0.5) is 0 Å². The van der Waals surface area contributed by atoms with Gasteiger partial charge in [0, 0.05) is 6.42 Å². The standard InChI is InChI=1S/C16H32OSi2/c1-8-16(19(9-2,10-3)11-4)14-15(17)12-13-18(5,6)7/h8,15,17H,9-11,14H2,1-7H3/b16-8+. The Kier molecular flexibility index (Phi) is 7.96. The number of rotatable bonds is 6. The summed E-state index contributed by atoms with van der Waals surface area (Å²) in [5.41, 5.74) is 3.28. The summed E-state index contributed by atoms with van der Waals surface area (Å²) in [4.78, 5) is 0. The first kappa shape index (κ1) is 18.7. The van der Waals surface area contributed by atoms with E-state index in [0.717, 1.165) is 6.42 Å². The van der Waals surface area contributed by atoms with Gasteiger partial charge in [-0.25, -0.2) is 0 Å². The maximum atomic E-state index is 10.2. The molecule has 3 heteroatoms. The Morgan fingerprint density at radius 2 is 1.58 bits per heavy atom. The van der Waals surface area contributed by atoms with Crippen molar-refractivity contribution in [1.82, 2.24) is 0 Å². The van der Waals surface area contributed by atoms with Gasteiger partial charge in [0.05, 0.1) is 8.07 Å². The molecular weight excluding hydrogens is 264 g/mol. The SMILES string of the molecule is C/C=C(\CC(O)C#C[Si](C)(C)C)[Si](CC)(CC)CC. The highest BCUT2D eigenvalue weighted by atomic mass is 28.3. The fourth-order valence-corrected chi connectivity index (χ4v) is 7.33. The van der Waals surface area contributed by atoms with Gasteiger partial charge in [-0.05, 0) is 6.92 Å². The zero-order chi connectivity index (χ0) is 15.1. The van der Waals surface area contributed by atoms with Crippen molar-refractivity contribution >= 4 is 16.1 Å². The summed E-state index contributed by atoms with van der Waals surface area (Å²) in [6, 6.07) is 3.82. The van der Waals surface area contributed by atoms with Crippen LogP contribution in [-0.4, -0.2) is 27.4 Å². The highest BCUT2D eigenvalue weighted by Gasteiger charge is 2.31. The van der Waals surface area contributed by atoms with E-state index in [2.05, 4.69) is 64.9 Å². The second-order valence-corrected chi connectivity index (χ2v) is 16.5. The van der Waals surface area contributed by atoms with E-state index in [9.17, 15) is 5.11 Å². The lowest BCUT2D eigenvalue weighted by atomic mass is 10.2. The van der Waals surface area contributed by atoms with E-state index < -0.39 is 22.3 Å². The third kappa shape index (κ3) is 6.12. The summed E-state index contributed by atoms with van der Waals surface area (Å²) in [6.45, 7) is 15.7. The van der Waals surface area contributed by atoms with E-state index in [-0.39, 0.29) is 0 Å². The molecule has 19 heavy (non-hydrogen) atoms. The normalized spacial score (nSPS) is 14.8. The second-order valence-electron chi connectivity index (χ2n) is 6.39. The van der Waals surface area contributed by atoms with E-state index in [1.165, 1.54) is 23.3 Å². The molecule has 0 rings (SSSR count). The molecule has 1 atom stereocenters. The molecule has 110 valence electrons. The minimum atomic E-state index is -1.38. The lowest BCUT2D eigenvalue weighted by Crippen LogP contribution is -2.36. The molecule has 1 unspecified atom stereocenters. The molecule has 1 N–H and O–H groups in total. The fraction of sp³-hybridized carbons (Fsp3) is 0.750. The van der Waals surface area contributed by atoms with Crippen LogP contribution in [0, 0.1) is 11.5 Å². The van der Waals surface area contributed by atoms with Gasteiger partial charge in [0.1, 0.15) is 14.2 Å². The van der Waals surface area contributed by atoms with Gasteiger partial charge in [-0.1, -0.05) is 75.7 Å². The van der Waals surface area contributed by atoms with Crippen molar-refractivity contribution in [2.75, 3.05) is 0 Å². The van der Waals surface area contributed by atoms with Crippen LogP contribution in [0.1, 0.15) is 34.1 Å². The lowest BCUT2D eigenvalue weighted by molar-refractivity contribution is 0.234. The maximum absolute atomic E-state index is 10.2. The Labute approximate surface area is 122 Å². The number of aliphatic hydroxyl groups is 1. The number of hydrogen-bond donors (Lipinski definition) is 1. The van der Waals surface area contributed by atoms with Crippen LogP contribution in [0.3, 0.4) is 0 Å². The number of hydrogen-bond acceptors (Lipinski definition) is 1. The Morgan fingerprint density at radius 1 is 1.11 bits per heavy atom. The first-order valence-electron chi connectivity index (χ1n) is 7.61. The van der Waals surface area contributed by atoms with E-state index in [4.69, 9.17) is 0 Å². The van der Waals surface area contributed by atoms with Crippen LogP contribution >= 0.6 is 0 Å². The summed E-state index contributed by atoms with van der Waals surface area (Å²) in [5, 5.41) is 11.7. The molecule has 0 saturated carbocycles. The Hall–Kier alpha value is -0.306. The monoisotopic (exact) mass is 296 g/mol. The largest absolute Gasteiger partial charge is 0.380 e. The van der Waals surface area contributed by atoms with Crippen LogP contribution in [0.15, 0.2) is 11.3 Å². The van der Waals surface area contributed by atoms with Crippen LogP contribution in [0.25, 0.3) is 0 Å². The van der Waals surface area contributed by atoms with Crippen molar-refractivity contribution in [2.45, 2.75) is 78.0 Å². The number of aliphatic hydroxyl groups excluding tert-OH is 1. The molecule has 0 heterocycles. The quantitative estimate of drug-likeness (QED) is 0.560. The molecule has 0 aromatic carbocycles. The van der Waals surface area contributed by atoms with Crippen LogP contribution in [0.2, 0.25) is 37.8 Å². The molecule has 0 radical (unpaired) electrons. The van der Waals surface area contributed by atoms with Gasteiger partial charge < -0.3 is 5.11 Å². The fourth-order valence-electron chi connectivity index (χ4n) is 2.63. The molecule has 0 saturated heterocycles. The minimum absolute atomic E-state index is 0.477.